The predicted octanol–water partition coefficient (Wildman–Crippen LogP) is 3.23. The third-order valence-corrected chi connectivity index (χ3v) is 8.55. The highest BCUT2D eigenvalue weighted by atomic mass is 16.5. The van der Waals surface area contributed by atoms with E-state index < -0.39 is 0 Å². The van der Waals surface area contributed by atoms with Crippen LogP contribution in [0, 0.1) is 0 Å². The Morgan fingerprint density at radius 1 is 1.02 bits per heavy atom. The van der Waals surface area contributed by atoms with E-state index in [1.807, 2.05) is 12.3 Å². The number of rotatable bonds is 17. The van der Waals surface area contributed by atoms with Crippen molar-refractivity contribution in [2.45, 2.75) is 39.3 Å². The van der Waals surface area contributed by atoms with Gasteiger partial charge in [0.25, 0.3) is 11.8 Å². The number of ether oxygens (including phenoxy) is 1. The maximum Gasteiger partial charge on any atom is 0.253 e. The van der Waals surface area contributed by atoms with Crippen LogP contribution in [-0.2, 0) is 22.7 Å². The number of nitrogens with zero attached hydrogens (tertiary/aromatic N) is 8. The number of amides is 2. The molecule has 2 aromatic heterocycles. The molecule has 2 amide bonds. The molecule has 2 aliphatic rings. The van der Waals surface area contributed by atoms with Crippen molar-refractivity contribution in [2.24, 2.45) is 10.2 Å². The first-order valence-electron chi connectivity index (χ1n) is 16.6. The first-order valence-corrected chi connectivity index (χ1v) is 16.6. The highest BCUT2D eigenvalue weighted by Crippen LogP contribution is 2.27. The molecule has 1 fully saturated rings. The van der Waals surface area contributed by atoms with E-state index in [4.69, 9.17) is 10.5 Å². The second kappa shape index (κ2) is 16.8. The standard InChI is InChI=1S/C34H47N11O3/c1-4-5-6-12-38-33-32-28(39-34(35)40-33)11-14-44(32)23-26-8-7-25(20-29(26)48-3)22-43-18-16-42(17-19-43)15-13-37-21-27(41-36-2)24-45-30(46)9-10-31(45)47/h7-11,14,20-21,37H,4-6,12-13,15-19,22-24H2,1-3H3,(H3,35,38,39,40)/b27-21-,41-36-. The van der Waals surface area contributed by atoms with E-state index in [0.717, 1.165) is 98.1 Å². The lowest BCUT2D eigenvalue weighted by Gasteiger charge is -2.34. The van der Waals surface area contributed by atoms with Gasteiger partial charge in [0.1, 0.15) is 11.3 Å². The van der Waals surface area contributed by atoms with Crippen LogP contribution in [0.25, 0.3) is 11.0 Å². The minimum absolute atomic E-state index is 0.0881. The molecule has 1 saturated heterocycles. The first-order chi connectivity index (χ1) is 23.4. The summed E-state index contributed by atoms with van der Waals surface area (Å²) in [5.74, 6) is 1.22. The van der Waals surface area contributed by atoms with E-state index in [2.05, 4.69) is 70.3 Å². The van der Waals surface area contributed by atoms with Gasteiger partial charge >= 0.3 is 0 Å². The van der Waals surface area contributed by atoms with Crippen LogP contribution in [0.4, 0.5) is 11.8 Å². The Balaban J connectivity index is 1.11. The lowest BCUT2D eigenvalue weighted by atomic mass is 10.1. The predicted molar refractivity (Wildman–Crippen MR) is 186 cm³/mol. The van der Waals surface area contributed by atoms with Crippen LogP contribution in [0.5, 0.6) is 5.75 Å². The average Bonchev–Trinajstić information content (AvgIpc) is 3.63. The Bertz CT molecular complexity index is 1640. The van der Waals surface area contributed by atoms with Gasteiger partial charge in [-0.05, 0) is 24.1 Å². The van der Waals surface area contributed by atoms with Crippen LogP contribution in [0.1, 0.15) is 37.3 Å². The molecular weight excluding hydrogens is 610 g/mol. The number of piperazine rings is 1. The zero-order valence-electron chi connectivity index (χ0n) is 28.2. The quantitative estimate of drug-likeness (QED) is 0.112. The molecule has 0 bridgehead atoms. The van der Waals surface area contributed by atoms with Gasteiger partial charge in [0.05, 0.1) is 31.4 Å². The molecule has 4 heterocycles. The minimum atomic E-state index is -0.336. The Labute approximate surface area is 281 Å². The van der Waals surface area contributed by atoms with E-state index >= 15 is 0 Å². The van der Waals surface area contributed by atoms with Gasteiger partial charge < -0.3 is 25.7 Å². The van der Waals surface area contributed by atoms with Crippen molar-refractivity contribution in [1.29, 1.82) is 0 Å². The molecule has 0 radical (unpaired) electrons. The highest BCUT2D eigenvalue weighted by molar-refractivity contribution is 6.13. The number of carbonyl (C=O) groups excluding carboxylic acids is 2. The molecule has 48 heavy (non-hydrogen) atoms. The number of hydrogen-bond acceptors (Lipinski definition) is 12. The molecule has 0 aliphatic carbocycles. The molecule has 1 aromatic carbocycles. The zero-order valence-corrected chi connectivity index (χ0v) is 28.2. The van der Waals surface area contributed by atoms with Crippen molar-refractivity contribution in [3.63, 3.8) is 0 Å². The Morgan fingerprint density at radius 3 is 2.52 bits per heavy atom. The molecular formula is C34H47N11O3. The van der Waals surface area contributed by atoms with Gasteiger partial charge in [-0.2, -0.15) is 15.2 Å². The van der Waals surface area contributed by atoms with Crippen LogP contribution in [0.2, 0.25) is 0 Å². The second-order valence-electron chi connectivity index (χ2n) is 12.0. The molecule has 3 aromatic rings. The molecule has 4 N–H and O–H groups in total. The second-order valence-corrected chi connectivity index (χ2v) is 12.0. The maximum absolute atomic E-state index is 11.9. The summed E-state index contributed by atoms with van der Waals surface area (Å²) in [5.41, 5.74) is 10.6. The summed E-state index contributed by atoms with van der Waals surface area (Å²) >= 11 is 0. The number of benzene rings is 1. The van der Waals surface area contributed by atoms with Crippen LogP contribution in [-0.4, -0.2) is 108 Å². The number of anilines is 2. The number of unbranched alkanes of at least 4 members (excludes halogenated alkanes) is 2. The van der Waals surface area contributed by atoms with Crippen molar-refractivity contribution in [3.05, 3.63) is 65.6 Å². The van der Waals surface area contributed by atoms with Crippen molar-refractivity contribution >= 4 is 34.6 Å². The lowest BCUT2D eigenvalue weighted by molar-refractivity contribution is -0.136. The fourth-order valence-corrected chi connectivity index (χ4v) is 5.99. The molecule has 5 rings (SSSR count). The van der Waals surface area contributed by atoms with Crippen LogP contribution < -0.4 is 21.1 Å². The highest BCUT2D eigenvalue weighted by Gasteiger charge is 2.24. The summed E-state index contributed by atoms with van der Waals surface area (Å²) in [4.78, 5) is 38.8. The first kappa shape index (κ1) is 34.5. The third kappa shape index (κ3) is 8.95. The normalized spacial score (nSPS) is 16.1. The van der Waals surface area contributed by atoms with E-state index in [0.29, 0.717) is 18.8 Å². The van der Waals surface area contributed by atoms with Crippen LogP contribution in [0.15, 0.2) is 64.7 Å². The Morgan fingerprint density at radius 2 is 1.79 bits per heavy atom. The molecule has 0 atom stereocenters. The van der Waals surface area contributed by atoms with Gasteiger partial charge in [-0.3, -0.25) is 24.3 Å². The van der Waals surface area contributed by atoms with Gasteiger partial charge in [-0.1, -0.05) is 31.9 Å². The number of aromatic nitrogens is 3. The summed E-state index contributed by atoms with van der Waals surface area (Å²) < 4.78 is 8.01. The van der Waals surface area contributed by atoms with Gasteiger partial charge in [0.2, 0.25) is 5.95 Å². The number of nitrogen functional groups attached to an aromatic ring is 1. The topological polar surface area (TPSA) is 159 Å². The van der Waals surface area contributed by atoms with Crippen molar-refractivity contribution < 1.29 is 14.3 Å². The van der Waals surface area contributed by atoms with Gasteiger partial charge in [0.15, 0.2) is 5.82 Å². The number of carbonyl (C=O) groups is 2. The molecule has 14 nitrogen and oxygen atoms in total. The molecule has 0 spiro atoms. The maximum atomic E-state index is 11.9. The molecule has 256 valence electrons. The number of imide groups is 1. The fourth-order valence-electron chi connectivity index (χ4n) is 5.99. The summed E-state index contributed by atoms with van der Waals surface area (Å²) in [6.45, 7) is 10.0. The monoisotopic (exact) mass is 657 g/mol. The molecule has 0 unspecified atom stereocenters. The summed E-state index contributed by atoms with van der Waals surface area (Å²) in [5, 5.41) is 14.6. The van der Waals surface area contributed by atoms with E-state index in [1.54, 1.807) is 20.4 Å². The van der Waals surface area contributed by atoms with Crippen molar-refractivity contribution in [3.8, 4) is 5.75 Å². The van der Waals surface area contributed by atoms with E-state index in [-0.39, 0.29) is 24.3 Å². The number of fused-ring (bicyclic) bond motifs is 1. The van der Waals surface area contributed by atoms with E-state index in [9.17, 15) is 9.59 Å². The fraction of sp³-hybridized carbons (Fsp3) is 0.471. The third-order valence-electron chi connectivity index (χ3n) is 8.55. The average molecular weight is 658 g/mol. The van der Waals surface area contributed by atoms with Crippen LogP contribution >= 0.6 is 0 Å². The summed E-state index contributed by atoms with van der Waals surface area (Å²) in [6, 6.07) is 8.47. The van der Waals surface area contributed by atoms with Crippen molar-refractivity contribution in [2.75, 3.05) is 77.6 Å². The largest absolute Gasteiger partial charge is 0.496 e. The van der Waals surface area contributed by atoms with E-state index in [1.165, 1.54) is 17.7 Å². The number of hydrogen-bond donors (Lipinski definition) is 3. The Hall–Kier alpha value is -4.82. The summed E-state index contributed by atoms with van der Waals surface area (Å²) in [6.07, 6.45) is 9.69. The Kier molecular flexibility index (Phi) is 12.1. The van der Waals surface area contributed by atoms with Crippen molar-refractivity contribution in [1.82, 2.24) is 34.6 Å². The number of nitrogens with two attached hydrogens (primary N) is 1. The minimum Gasteiger partial charge on any atom is -0.496 e. The number of nitrogens with one attached hydrogen (secondary N) is 2. The smallest absolute Gasteiger partial charge is 0.253 e. The molecule has 0 saturated carbocycles. The van der Waals surface area contributed by atoms with Gasteiger partial charge in [-0.15, -0.1) is 0 Å². The molecule has 14 heteroatoms. The van der Waals surface area contributed by atoms with Gasteiger partial charge in [-0.25, -0.2) is 4.98 Å². The lowest BCUT2D eigenvalue weighted by Crippen LogP contribution is -2.47. The number of methoxy groups -OCH3 is 1. The van der Waals surface area contributed by atoms with Crippen LogP contribution in [0.3, 0.4) is 0 Å². The van der Waals surface area contributed by atoms with Gasteiger partial charge in [0, 0.05) is 89.5 Å². The number of azo groups is 1. The SMILES string of the molecule is CCCCCNc1nc(N)nc2ccn(Cc3ccc(CN4CCN(CCN/C=C(CN5C(=O)C=CC5=O)\N=N/C)CC4)cc3OC)c12. The summed E-state index contributed by atoms with van der Waals surface area (Å²) in [7, 11) is 3.28. The molecule has 2 aliphatic heterocycles. The zero-order chi connectivity index (χ0) is 33.9.